The highest BCUT2D eigenvalue weighted by Gasteiger charge is 2.20. The number of Topliss-reactive ketones (excluding diaryl/α,β-unsaturated/α-hetero) is 1. The van der Waals surface area contributed by atoms with Crippen LogP contribution in [0.1, 0.15) is 36.0 Å². The van der Waals surface area contributed by atoms with E-state index in [0.29, 0.717) is 12.3 Å². The lowest BCUT2D eigenvalue weighted by atomic mass is 9.95. The third kappa shape index (κ3) is 4.40. The molecule has 1 aromatic carbocycles. The van der Waals surface area contributed by atoms with E-state index in [4.69, 9.17) is 5.11 Å². The Bertz CT molecular complexity index is 448. The first-order valence-electron chi connectivity index (χ1n) is 7.31. The normalized spacial score (nSPS) is 20.0. The smallest absolute Gasteiger partial charge is 0.165 e. The Morgan fingerprint density at radius 2 is 2.20 bits per heavy atom. The van der Waals surface area contributed by atoms with Gasteiger partial charge in [0.25, 0.3) is 0 Å². The predicted octanol–water partition coefficient (Wildman–Crippen LogP) is 3.12. The maximum absolute atomic E-state index is 12.2. The van der Waals surface area contributed by atoms with Gasteiger partial charge >= 0.3 is 0 Å². The fraction of sp³-hybridized carbons (Fsp3) is 0.562. The van der Waals surface area contributed by atoms with E-state index in [1.807, 2.05) is 24.3 Å². The van der Waals surface area contributed by atoms with Gasteiger partial charge in [-0.25, -0.2) is 0 Å². The zero-order valence-electron chi connectivity index (χ0n) is 11.7. The van der Waals surface area contributed by atoms with Gasteiger partial charge in [-0.05, 0) is 37.8 Å². The lowest BCUT2D eigenvalue weighted by molar-refractivity contribution is 0.0937. The lowest BCUT2D eigenvalue weighted by Crippen LogP contribution is -2.37. The fourth-order valence-electron chi connectivity index (χ4n) is 2.85. The Balaban J connectivity index is 1.83. The van der Waals surface area contributed by atoms with Gasteiger partial charge in [-0.2, -0.15) is 0 Å². The average Bonchev–Trinajstić information content (AvgIpc) is 2.46. The monoisotopic (exact) mass is 339 g/mol. The molecule has 0 aromatic heterocycles. The summed E-state index contributed by atoms with van der Waals surface area (Å²) in [7, 11) is 0. The zero-order chi connectivity index (χ0) is 14.4. The Kier molecular flexibility index (Phi) is 6.20. The number of nitrogens with zero attached hydrogens (tertiary/aromatic N) is 1. The summed E-state index contributed by atoms with van der Waals surface area (Å²) >= 11 is 3.43. The van der Waals surface area contributed by atoms with E-state index in [9.17, 15) is 4.79 Å². The summed E-state index contributed by atoms with van der Waals surface area (Å²) in [6, 6.07) is 7.60. The van der Waals surface area contributed by atoms with Crippen molar-refractivity contribution in [2.75, 3.05) is 26.2 Å². The molecule has 110 valence electrons. The number of rotatable bonds is 6. The molecule has 1 aliphatic heterocycles. The Labute approximate surface area is 129 Å². The highest BCUT2D eigenvalue weighted by atomic mass is 79.9. The maximum Gasteiger partial charge on any atom is 0.165 e. The molecule has 1 heterocycles. The molecule has 1 atom stereocenters. The van der Waals surface area contributed by atoms with Gasteiger partial charge in [-0.1, -0.05) is 34.1 Å². The van der Waals surface area contributed by atoms with Crippen molar-refractivity contribution in [1.29, 1.82) is 0 Å². The molecule has 0 aliphatic carbocycles. The number of piperidine rings is 1. The lowest BCUT2D eigenvalue weighted by Gasteiger charge is -2.32. The summed E-state index contributed by atoms with van der Waals surface area (Å²) in [6.45, 7) is 3.19. The van der Waals surface area contributed by atoms with Crippen LogP contribution in [0.3, 0.4) is 0 Å². The highest BCUT2D eigenvalue weighted by Crippen LogP contribution is 2.21. The van der Waals surface area contributed by atoms with Crippen LogP contribution >= 0.6 is 15.9 Å². The van der Waals surface area contributed by atoms with Crippen molar-refractivity contribution < 1.29 is 9.90 Å². The standard InChI is InChI=1S/C16H22BrNO2/c17-15-6-2-1-5-14(15)16(20)7-10-18-9-3-4-13(12-18)8-11-19/h1-2,5-6,13,19H,3-4,7-12H2. The van der Waals surface area contributed by atoms with Crippen molar-refractivity contribution in [3.63, 3.8) is 0 Å². The van der Waals surface area contributed by atoms with Gasteiger partial charge in [0, 0.05) is 36.2 Å². The van der Waals surface area contributed by atoms with Crippen LogP contribution in [0, 0.1) is 5.92 Å². The minimum Gasteiger partial charge on any atom is -0.396 e. The van der Waals surface area contributed by atoms with Crippen LogP contribution in [0.25, 0.3) is 0 Å². The van der Waals surface area contributed by atoms with Crippen molar-refractivity contribution in [2.45, 2.75) is 25.7 Å². The van der Waals surface area contributed by atoms with Crippen molar-refractivity contribution in [3.05, 3.63) is 34.3 Å². The molecule has 1 aliphatic rings. The molecule has 1 unspecified atom stereocenters. The van der Waals surface area contributed by atoms with Crippen LogP contribution in [0.4, 0.5) is 0 Å². The Morgan fingerprint density at radius 3 is 2.95 bits per heavy atom. The first kappa shape index (κ1) is 15.7. The molecule has 0 spiro atoms. The summed E-state index contributed by atoms with van der Waals surface area (Å²) in [5, 5.41) is 9.02. The molecule has 1 saturated heterocycles. The van der Waals surface area contributed by atoms with Crippen LogP contribution < -0.4 is 0 Å². The van der Waals surface area contributed by atoms with Crippen molar-refractivity contribution in [2.24, 2.45) is 5.92 Å². The van der Waals surface area contributed by atoms with E-state index >= 15 is 0 Å². The molecule has 0 radical (unpaired) electrons. The van der Waals surface area contributed by atoms with Crippen molar-refractivity contribution in [3.8, 4) is 0 Å². The fourth-order valence-corrected chi connectivity index (χ4v) is 3.36. The third-order valence-electron chi connectivity index (χ3n) is 3.97. The predicted molar refractivity (Wildman–Crippen MR) is 84.0 cm³/mol. The summed E-state index contributed by atoms with van der Waals surface area (Å²) in [4.78, 5) is 14.6. The van der Waals surface area contributed by atoms with E-state index in [0.717, 1.165) is 36.1 Å². The second-order valence-corrected chi connectivity index (χ2v) is 6.33. The van der Waals surface area contributed by atoms with E-state index < -0.39 is 0 Å². The van der Waals surface area contributed by atoms with E-state index in [1.54, 1.807) is 0 Å². The van der Waals surface area contributed by atoms with Crippen LogP contribution in [0.2, 0.25) is 0 Å². The Hall–Kier alpha value is -0.710. The first-order valence-corrected chi connectivity index (χ1v) is 8.11. The Morgan fingerprint density at radius 1 is 1.40 bits per heavy atom. The topological polar surface area (TPSA) is 40.5 Å². The van der Waals surface area contributed by atoms with Gasteiger partial charge in [0.1, 0.15) is 0 Å². The summed E-state index contributed by atoms with van der Waals surface area (Å²) in [6.07, 6.45) is 3.83. The molecular formula is C16H22BrNO2. The van der Waals surface area contributed by atoms with Crippen molar-refractivity contribution in [1.82, 2.24) is 4.90 Å². The number of carbonyl (C=O) groups is 1. The molecular weight excluding hydrogens is 318 g/mol. The quantitative estimate of drug-likeness (QED) is 0.809. The molecule has 20 heavy (non-hydrogen) atoms. The molecule has 0 saturated carbocycles. The summed E-state index contributed by atoms with van der Waals surface area (Å²) in [5.74, 6) is 0.786. The number of hydrogen-bond acceptors (Lipinski definition) is 3. The van der Waals surface area contributed by atoms with Gasteiger partial charge in [-0.15, -0.1) is 0 Å². The molecule has 0 bridgehead atoms. The number of benzene rings is 1. The number of hydrogen-bond donors (Lipinski definition) is 1. The van der Waals surface area contributed by atoms with E-state index in [2.05, 4.69) is 20.8 Å². The van der Waals surface area contributed by atoms with Gasteiger partial charge in [0.2, 0.25) is 0 Å². The molecule has 1 aromatic rings. The third-order valence-corrected chi connectivity index (χ3v) is 4.66. The second-order valence-electron chi connectivity index (χ2n) is 5.47. The zero-order valence-corrected chi connectivity index (χ0v) is 13.3. The molecule has 3 nitrogen and oxygen atoms in total. The highest BCUT2D eigenvalue weighted by molar-refractivity contribution is 9.10. The van der Waals surface area contributed by atoms with Gasteiger partial charge in [-0.3, -0.25) is 4.79 Å². The molecule has 2 rings (SSSR count). The van der Waals surface area contributed by atoms with Crippen molar-refractivity contribution >= 4 is 21.7 Å². The average molecular weight is 340 g/mol. The largest absolute Gasteiger partial charge is 0.396 e. The van der Waals surface area contributed by atoms with E-state index in [-0.39, 0.29) is 12.4 Å². The molecule has 1 fully saturated rings. The van der Waals surface area contributed by atoms with Crippen LogP contribution in [0.15, 0.2) is 28.7 Å². The van der Waals surface area contributed by atoms with Crippen LogP contribution in [-0.4, -0.2) is 42.0 Å². The van der Waals surface area contributed by atoms with Gasteiger partial charge in [0.05, 0.1) is 0 Å². The summed E-state index contributed by atoms with van der Waals surface area (Å²) in [5.41, 5.74) is 0.774. The summed E-state index contributed by atoms with van der Waals surface area (Å²) < 4.78 is 0.877. The van der Waals surface area contributed by atoms with E-state index in [1.165, 1.54) is 12.8 Å². The van der Waals surface area contributed by atoms with Gasteiger partial charge in [0.15, 0.2) is 5.78 Å². The molecule has 0 amide bonds. The second kappa shape index (κ2) is 7.91. The van der Waals surface area contributed by atoms with Gasteiger partial charge < -0.3 is 10.0 Å². The maximum atomic E-state index is 12.2. The number of aliphatic hydroxyl groups excluding tert-OH is 1. The molecule has 1 N–H and O–H groups in total. The first-order chi connectivity index (χ1) is 9.70. The number of halogens is 1. The van der Waals surface area contributed by atoms with Crippen LogP contribution in [-0.2, 0) is 0 Å². The number of aliphatic hydroxyl groups is 1. The number of ketones is 1. The number of carbonyl (C=O) groups excluding carboxylic acids is 1. The SMILES string of the molecule is O=C(CCN1CCCC(CCO)C1)c1ccccc1Br. The molecule has 4 heteroatoms. The minimum absolute atomic E-state index is 0.196. The minimum atomic E-state index is 0.196. The van der Waals surface area contributed by atoms with Crippen LogP contribution in [0.5, 0.6) is 0 Å². The number of likely N-dealkylation sites (tertiary alicyclic amines) is 1.